The minimum Gasteiger partial charge on any atom is -0.459 e. The summed E-state index contributed by atoms with van der Waals surface area (Å²) in [6, 6.07) is 11.3. The van der Waals surface area contributed by atoms with E-state index in [2.05, 4.69) is 5.32 Å². The van der Waals surface area contributed by atoms with E-state index in [4.69, 9.17) is 16.0 Å². The van der Waals surface area contributed by atoms with Gasteiger partial charge < -0.3 is 14.8 Å². The van der Waals surface area contributed by atoms with Crippen molar-refractivity contribution >= 4 is 33.9 Å². The van der Waals surface area contributed by atoms with E-state index in [1.54, 1.807) is 24.3 Å². The number of aliphatic hydroxyl groups is 1. The lowest BCUT2D eigenvalue weighted by molar-refractivity contribution is -0.384. The van der Waals surface area contributed by atoms with Crippen LogP contribution in [-0.2, 0) is 6.61 Å². The molecule has 0 aliphatic carbocycles. The Kier molecular flexibility index (Phi) is 4.42. The molecule has 7 heteroatoms. The highest BCUT2D eigenvalue weighted by molar-refractivity contribution is 6.31. The van der Waals surface area contributed by atoms with Gasteiger partial charge in [-0.1, -0.05) is 11.6 Å². The average molecular weight is 347 g/mol. The zero-order valence-electron chi connectivity index (χ0n) is 12.8. The van der Waals surface area contributed by atoms with Crippen LogP contribution >= 0.6 is 11.6 Å². The molecule has 0 aliphatic rings. The second-order valence-electron chi connectivity index (χ2n) is 5.46. The lowest BCUT2D eigenvalue weighted by Crippen LogP contribution is -2.08. The molecule has 6 nitrogen and oxygen atoms in total. The Morgan fingerprint density at radius 3 is 2.79 bits per heavy atom. The Labute approximate surface area is 142 Å². The molecule has 1 atom stereocenters. The highest BCUT2D eigenvalue weighted by atomic mass is 35.5. The number of halogens is 1. The van der Waals surface area contributed by atoms with Crippen molar-refractivity contribution in [2.75, 3.05) is 5.32 Å². The van der Waals surface area contributed by atoms with Crippen LogP contribution in [0.1, 0.15) is 24.3 Å². The highest BCUT2D eigenvalue weighted by Crippen LogP contribution is 2.32. The number of nitrogens with one attached hydrogen (secondary N) is 1. The quantitative estimate of drug-likeness (QED) is 0.518. The first-order valence-corrected chi connectivity index (χ1v) is 7.69. The highest BCUT2D eigenvalue weighted by Gasteiger charge is 2.18. The van der Waals surface area contributed by atoms with Crippen LogP contribution in [0.15, 0.2) is 46.9 Å². The number of nitrogens with zero attached hydrogens (tertiary/aromatic N) is 1. The number of rotatable bonds is 5. The van der Waals surface area contributed by atoms with E-state index in [0.29, 0.717) is 27.6 Å². The fourth-order valence-electron chi connectivity index (χ4n) is 2.51. The van der Waals surface area contributed by atoms with Gasteiger partial charge in [-0.15, -0.1) is 0 Å². The molecule has 0 fully saturated rings. The van der Waals surface area contributed by atoms with E-state index >= 15 is 0 Å². The zero-order chi connectivity index (χ0) is 17.3. The molecule has 1 heterocycles. The topological polar surface area (TPSA) is 88.5 Å². The largest absolute Gasteiger partial charge is 0.459 e. The van der Waals surface area contributed by atoms with Gasteiger partial charge in [0.2, 0.25) is 0 Å². The number of fused-ring (bicyclic) bond motifs is 1. The van der Waals surface area contributed by atoms with Gasteiger partial charge in [0.05, 0.1) is 17.6 Å². The predicted octanol–water partition coefficient (Wildman–Crippen LogP) is 4.66. The summed E-state index contributed by atoms with van der Waals surface area (Å²) in [5.41, 5.74) is 1.56. The van der Waals surface area contributed by atoms with Crippen molar-refractivity contribution < 1.29 is 14.4 Å². The van der Waals surface area contributed by atoms with E-state index in [1.165, 1.54) is 12.1 Å². The molecule has 124 valence electrons. The van der Waals surface area contributed by atoms with Gasteiger partial charge in [0.1, 0.15) is 17.0 Å². The first kappa shape index (κ1) is 16.3. The molecule has 1 unspecified atom stereocenters. The van der Waals surface area contributed by atoms with E-state index < -0.39 is 4.92 Å². The van der Waals surface area contributed by atoms with E-state index in [1.807, 2.05) is 13.0 Å². The molecule has 1 aromatic heterocycles. The van der Waals surface area contributed by atoms with Crippen molar-refractivity contribution in [2.45, 2.75) is 19.6 Å². The number of furan rings is 1. The van der Waals surface area contributed by atoms with Crippen LogP contribution in [0.25, 0.3) is 11.0 Å². The predicted molar refractivity (Wildman–Crippen MR) is 92.3 cm³/mol. The fraction of sp³-hybridized carbons (Fsp3) is 0.176. The number of nitro benzene ring substituents is 1. The summed E-state index contributed by atoms with van der Waals surface area (Å²) in [6.07, 6.45) is 0. The van der Waals surface area contributed by atoms with E-state index in [0.717, 1.165) is 5.39 Å². The van der Waals surface area contributed by atoms with E-state index in [9.17, 15) is 15.2 Å². The van der Waals surface area contributed by atoms with Crippen molar-refractivity contribution in [3.05, 3.63) is 68.9 Å². The Hall–Kier alpha value is -2.57. The SMILES string of the molecule is CC(Nc1cc(CO)ccc1[N+](=O)[O-])c1cc2cc(Cl)ccc2o1. The molecule has 0 bridgehead atoms. The molecule has 2 N–H and O–H groups in total. The van der Waals surface area contributed by atoms with Crippen LogP contribution in [0.2, 0.25) is 5.02 Å². The van der Waals surface area contributed by atoms with Crippen molar-refractivity contribution in [1.29, 1.82) is 0 Å². The van der Waals surface area contributed by atoms with Gasteiger partial charge >= 0.3 is 0 Å². The third-order valence-corrected chi connectivity index (χ3v) is 3.97. The van der Waals surface area contributed by atoms with Gasteiger partial charge in [-0.2, -0.15) is 0 Å². The molecule has 0 spiro atoms. The minimum atomic E-state index is -0.464. The lowest BCUT2D eigenvalue weighted by atomic mass is 10.1. The number of aliphatic hydroxyl groups excluding tert-OH is 1. The molecule has 0 saturated carbocycles. The zero-order valence-corrected chi connectivity index (χ0v) is 13.6. The summed E-state index contributed by atoms with van der Waals surface area (Å²) in [7, 11) is 0. The molecule has 0 amide bonds. The molecule has 0 saturated heterocycles. The number of hydrogen-bond acceptors (Lipinski definition) is 5. The Morgan fingerprint density at radius 1 is 1.29 bits per heavy atom. The van der Waals surface area contributed by atoms with Gasteiger partial charge in [-0.05, 0) is 48.9 Å². The molecular weight excluding hydrogens is 332 g/mol. The molecule has 3 aromatic rings. The molecule has 0 radical (unpaired) electrons. The van der Waals surface area contributed by atoms with Crippen LogP contribution in [0.3, 0.4) is 0 Å². The molecule has 0 aliphatic heterocycles. The van der Waals surface area contributed by atoms with E-state index in [-0.39, 0.29) is 18.3 Å². The number of anilines is 1. The first-order chi connectivity index (χ1) is 11.5. The lowest BCUT2D eigenvalue weighted by Gasteiger charge is -2.13. The Morgan fingerprint density at radius 2 is 2.08 bits per heavy atom. The average Bonchev–Trinajstić information content (AvgIpc) is 2.97. The summed E-state index contributed by atoms with van der Waals surface area (Å²) in [5, 5.41) is 25.0. The van der Waals surface area contributed by atoms with Crippen molar-refractivity contribution in [3.63, 3.8) is 0 Å². The normalized spacial score (nSPS) is 12.3. The minimum absolute atomic E-state index is 0.0572. The first-order valence-electron chi connectivity index (χ1n) is 7.31. The van der Waals surface area contributed by atoms with Crippen LogP contribution in [0, 0.1) is 10.1 Å². The molecule has 2 aromatic carbocycles. The third kappa shape index (κ3) is 3.20. The van der Waals surface area contributed by atoms with Crippen LogP contribution in [0.4, 0.5) is 11.4 Å². The fourth-order valence-corrected chi connectivity index (χ4v) is 2.69. The second kappa shape index (κ2) is 6.51. The number of nitro groups is 1. The number of hydrogen-bond donors (Lipinski definition) is 2. The van der Waals surface area contributed by atoms with Gasteiger partial charge in [0, 0.05) is 16.5 Å². The summed E-state index contributed by atoms with van der Waals surface area (Å²) < 4.78 is 5.77. The third-order valence-electron chi connectivity index (χ3n) is 3.74. The summed E-state index contributed by atoms with van der Waals surface area (Å²) in [4.78, 5) is 10.7. The summed E-state index contributed by atoms with van der Waals surface area (Å²) in [6.45, 7) is 1.65. The van der Waals surface area contributed by atoms with Crippen molar-refractivity contribution in [2.24, 2.45) is 0 Å². The molecule has 3 rings (SSSR count). The van der Waals surface area contributed by atoms with Gasteiger partial charge in [0.25, 0.3) is 5.69 Å². The van der Waals surface area contributed by atoms with Crippen LogP contribution in [0.5, 0.6) is 0 Å². The standard InChI is InChI=1S/C17H15ClN2O4/c1-10(17-8-12-7-13(18)3-5-16(12)24-17)19-14-6-11(9-21)2-4-15(14)20(22)23/h2-8,10,19,21H,9H2,1H3. The monoisotopic (exact) mass is 346 g/mol. The summed E-state index contributed by atoms with van der Waals surface area (Å²) in [5.74, 6) is 0.635. The van der Waals surface area contributed by atoms with Gasteiger partial charge in [0.15, 0.2) is 0 Å². The van der Waals surface area contributed by atoms with Gasteiger partial charge in [-0.3, -0.25) is 10.1 Å². The van der Waals surface area contributed by atoms with Crippen LogP contribution in [-0.4, -0.2) is 10.0 Å². The van der Waals surface area contributed by atoms with Crippen LogP contribution < -0.4 is 5.32 Å². The molecular formula is C17H15ClN2O4. The Balaban J connectivity index is 1.92. The van der Waals surface area contributed by atoms with Gasteiger partial charge in [-0.25, -0.2) is 0 Å². The smallest absolute Gasteiger partial charge is 0.292 e. The second-order valence-corrected chi connectivity index (χ2v) is 5.90. The number of benzene rings is 2. The summed E-state index contributed by atoms with van der Waals surface area (Å²) >= 11 is 5.97. The maximum absolute atomic E-state index is 11.2. The Bertz CT molecular complexity index is 907. The molecule has 24 heavy (non-hydrogen) atoms. The van der Waals surface area contributed by atoms with Crippen molar-refractivity contribution in [1.82, 2.24) is 0 Å². The maximum atomic E-state index is 11.2. The maximum Gasteiger partial charge on any atom is 0.292 e. The van der Waals surface area contributed by atoms with Crippen molar-refractivity contribution in [3.8, 4) is 0 Å².